The molecule has 3 nitrogen and oxygen atoms in total. The zero-order valence-electron chi connectivity index (χ0n) is 9.28. The van der Waals surface area contributed by atoms with Crippen molar-refractivity contribution in [3.8, 4) is 0 Å². The van der Waals surface area contributed by atoms with Crippen LogP contribution in [0.2, 0.25) is 0 Å². The van der Waals surface area contributed by atoms with Crippen LogP contribution >= 0.6 is 15.9 Å². The molecule has 0 bridgehead atoms. The zero-order valence-corrected chi connectivity index (χ0v) is 11.7. The van der Waals surface area contributed by atoms with Crippen molar-refractivity contribution in [3.63, 3.8) is 0 Å². The fourth-order valence-electron chi connectivity index (χ4n) is 1.80. The molecule has 17 heavy (non-hydrogen) atoms. The molecule has 6 heteroatoms. The maximum absolute atomic E-state index is 13.5. The maximum Gasteiger partial charge on any atom is 0.243 e. The molecule has 1 N–H and O–H groups in total. The molecule has 2 rings (SSSR count). The minimum atomic E-state index is -3.73. The molecule has 2 atom stereocenters. The van der Waals surface area contributed by atoms with Gasteiger partial charge in [-0.05, 0) is 30.5 Å². The Morgan fingerprint density at radius 3 is 2.76 bits per heavy atom. The molecule has 2 unspecified atom stereocenters. The van der Waals surface area contributed by atoms with Gasteiger partial charge in [-0.25, -0.2) is 17.5 Å². The van der Waals surface area contributed by atoms with Crippen molar-refractivity contribution in [2.45, 2.75) is 30.7 Å². The van der Waals surface area contributed by atoms with Crippen LogP contribution < -0.4 is 4.72 Å². The van der Waals surface area contributed by atoms with E-state index < -0.39 is 15.8 Å². The molecule has 0 spiro atoms. The topological polar surface area (TPSA) is 46.2 Å². The quantitative estimate of drug-likeness (QED) is 0.926. The molecule has 1 aromatic carbocycles. The monoisotopic (exact) mass is 321 g/mol. The van der Waals surface area contributed by atoms with Gasteiger partial charge in [0.1, 0.15) is 10.7 Å². The average Bonchev–Trinajstić information content (AvgIpc) is 2.94. The Morgan fingerprint density at radius 2 is 2.24 bits per heavy atom. The van der Waals surface area contributed by atoms with Gasteiger partial charge in [0.05, 0.1) is 0 Å². The molecular formula is C11H13BrFNO2S. The Balaban J connectivity index is 2.20. The highest BCUT2D eigenvalue weighted by Gasteiger charge is 2.39. The van der Waals surface area contributed by atoms with E-state index in [1.165, 1.54) is 12.1 Å². The fraction of sp³-hybridized carbons (Fsp3) is 0.455. The molecule has 1 aromatic rings. The molecular weight excluding hydrogens is 309 g/mol. The summed E-state index contributed by atoms with van der Waals surface area (Å²) >= 11 is 3.09. The number of nitrogens with one attached hydrogen (secondary N) is 1. The molecule has 0 aliphatic heterocycles. The van der Waals surface area contributed by atoms with Crippen molar-refractivity contribution in [1.82, 2.24) is 4.72 Å². The lowest BCUT2D eigenvalue weighted by Crippen LogP contribution is -2.27. The van der Waals surface area contributed by atoms with Crippen molar-refractivity contribution in [2.75, 3.05) is 0 Å². The summed E-state index contributed by atoms with van der Waals surface area (Å²) in [4.78, 5) is -0.289. The minimum absolute atomic E-state index is 0.0342. The highest BCUT2D eigenvalue weighted by Crippen LogP contribution is 2.34. The van der Waals surface area contributed by atoms with E-state index in [9.17, 15) is 12.8 Å². The SMILES string of the molecule is CCC1CC1NS(=O)(=O)c1ccc(Br)cc1F. The summed E-state index contributed by atoms with van der Waals surface area (Å²) in [6.07, 6.45) is 1.78. The first-order valence-electron chi connectivity index (χ1n) is 5.41. The highest BCUT2D eigenvalue weighted by molar-refractivity contribution is 9.10. The number of benzene rings is 1. The molecule has 0 saturated heterocycles. The lowest BCUT2D eigenvalue weighted by Gasteiger charge is -2.07. The summed E-state index contributed by atoms with van der Waals surface area (Å²) in [5, 5.41) is 0. The van der Waals surface area contributed by atoms with Crippen LogP contribution in [0.3, 0.4) is 0 Å². The molecule has 0 amide bonds. The van der Waals surface area contributed by atoms with Gasteiger partial charge in [-0.3, -0.25) is 0 Å². The third-order valence-electron chi connectivity index (χ3n) is 2.94. The van der Waals surface area contributed by atoms with Crippen molar-refractivity contribution in [1.29, 1.82) is 0 Å². The number of halogens is 2. The second-order valence-corrected chi connectivity index (χ2v) is 6.80. The number of hydrogen-bond acceptors (Lipinski definition) is 2. The predicted octanol–water partition coefficient (Wildman–Crippen LogP) is 2.67. The van der Waals surface area contributed by atoms with E-state index >= 15 is 0 Å². The van der Waals surface area contributed by atoms with Crippen molar-refractivity contribution < 1.29 is 12.8 Å². The predicted molar refractivity (Wildman–Crippen MR) is 66.6 cm³/mol. The van der Waals surface area contributed by atoms with Crippen molar-refractivity contribution in [3.05, 3.63) is 28.5 Å². The molecule has 1 saturated carbocycles. The van der Waals surface area contributed by atoms with E-state index in [1.54, 1.807) is 0 Å². The molecule has 1 fully saturated rings. The molecule has 1 aliphatic rings. The van der Waals surface area contributed by atoms with Gasteiger partial charge in [0.25, 0.3) is 0 Å². The summed E-state index contributed by atoms with van der Waals surface area (Å²) < 4.78 is 40.4. The van der Waals surface area contributed by atoms with Gasteiger partial charge >= 0.3 is 0 Å². The van der Waals surface area contributed by atoms with Gasteiger partial charge in [0.2, 0.25) is 10.0 Å². The van der Waals surface area contributed by atoms with Crippen LogP contribution in [0.15, 0.2) is 27.6 Å². The van der Waals surface area contributed by atoms with Gasteiger partial charge in [-0.15, -0.1) is 0 Å². The lowest BCUT2D eigenvalue weighted by atomic mass is 10.3. The number of hydrogen-bond donors (Lipinski definition) is 1. The molecule has 0 aromatic heterocycles. The Morgan fingerprint density at radius 1 is 1.53 bits per heavy atom. The van der Waals surface area contributed by atoms with Crippen LogP contribution in [-0.2, 0) is 10.0 Å². The summed E-state index contributed by atoms with van der Waals surface area (Å²) in [5.74, 6) is -0.344. The Bertz CT molecular complexity index is 532. The van der Waals surface area contributed by atoms with E-state index in [0.29, 0.717) is 10.4 Å². The standard InChI is InChI=1S/C11H13BrFNO2S/c1-2-7-5-10(7)14-17(15,16)11-4-3-8(12)6-9(11)13/h3-4,6-7,10,14H,2,5H2,1H3. The summed E-state index contributed by atoms with van der Waals surface area (Å²) in [7, 11) is -3.73. The van der Waals surface area contributed by atoms with E-state index in [2.05, 4.69) is 20.7 Å². The van der Waals surface area contributed by atoms with Gasteiger partial charge < -0.3 is 0 Å². The van der Waals surface area contributed by atoms with Crippen molar-refractivity contribution in [2.24, 2.45) is 5.92 Å². The Kier molecular flexibility index (Phi) is 3.56. The first-order valence-corrected chi connectivity index (χ1v) is 7.69. The largest absolute Gasteiger partial charge is 0.243 e. The first-order chi connectivity index (χ1) is 7.94. The van der Waals surface area contributed by atoms with E-state index in [1.807, 2.05) is 6.92 Å². The van der Waals surface area contributed by atoms with Crippen molar-refractivity contribution >= 4 is 26.0 Å². The Hall–Kier alpha value is -0.460. The van der Waals surface area contributed by atoms with Crippen LogP contribution in [-0.4, -0.2) is 14.5 Å². The van der Waals surface area contributed by atoms with Crippen LogP contribution in [0.4, 0.5) is 4.39 Å². The summed E-state index contributed by atoms with van der Waals surface area (Å²) in [6, 6.07) is 3.90. The number of rotatable bonds is 4. The highest BCUT2D eigenvalue weighted by atomic mass is 79.9. The van der Waals surface area contributed by atoms with Crippen LogP contribution in [0.1, 0.15) is 19.8 Å². The van der Waals surface area contributed by atoms with E-state index in [4.69, 9.17) is 0 Å². The lowest BCUT2D eigenvalue weighted by molar-refractivity contribution is 0.553. The fourth-order valence-corrected chi connectivity index (χ4v) is 3.51. The van der Waals surface area contributed by atoms with E-state index in [-0.39, 0.29) is 10.9 Å². The molecule has 0 heterocycles. The van der Waals surface area contributed by atoms with Gasteiger partial charge in [0.15, 0.2) is 0 Å². The minimum Gasteiger partial charge on any atom is -0.208 e. The van der Waals surface area contributed by atoms with E-state index in [0.717, 1.165) is 18.9 Å². The maximum atomic E-state index is 13.5. The molecule has 0 radical (unpaired) electrons. The van der Waals surface area contributed by atoms with Gasteiger partial charge in [-0.2, -0.15) is 0 Å². The van der Waals surface area contributed by atoms with Crippen LogP contribution in [0, 0.1) is 11.7 Å². The molecule has 94 valence electrons. The second-order valence-electron chi connectivity index (χ2n) is 4.21. The summed E-state index contributed by atoms with van der Waals surface area (Å²) in [5.41, 5.74) is 0. The smallest absolute Gasteiger partial charge is 0.208 e. The van der Waals surface area contributed by atoms with Gasteiger partial charge in [-0.1, -0.05) is 29.3 Å². The third-order valence-corrected chi connectivity index (χ3v) is 4.95. The Labute approximate surface area is 109 Å². The second kappa shape index (κ2) is 4.66. The van der Waals surface area contributed by atoms with Crippen LogP contribution in [0.5, 0.6) is 0 Å². The normalized spacial score (nSPS) is 23.7. The average molecular weight is 322 g/mol. The summed E-state index contributed by atoms with van der Waals surface area (Å²) in [6.45, 7) is 2.01. The number of sulfonamides is 1. The zero-order chi connectivity index (χ0) is 12.6. The third kappa shape index (κ3) is 2.86. The first kappa shape index (κ1) is 13.0. The molecule has 1 aliphatic carbocycles. The van der Waals surface area contributed by atoms with Crippen LogP contribution in [0.25, 0.3) is 0 Å². The van der Waals surface area contributed by atoms with Gasteiger partial charge in [0, 0.05) is 10.5 Å².